The van der Waals surface area contributed by atoms with Crippen LogP contribution >= 0.6 is 0 Å². The number of rotatable bonds is 8. The Balaban J connectivity index is 4.59. The van der Waals surface area contributed by atoms with E-state index in [9.17, 15) is 19.2 Å². The minimum atomic E-state index is -0.795. The highest BCUT2D eigenvalue weighted by Crippen LogP contribution is 2.01. The van der Waals surface area contributed by atoms with Gasteiger partial charge in [0.1, 0.15) is 12.1 Å². The molecule has 8 nitrogen and oxygen atoms in total. The normalized spacial score (nSPS) is 13.1. The number of ether oxygens (including phenoxy) is 2. The SMILES string of the molecule is COC(=O)C(C/C=C\CC(NC(C)=O)C(=O)OC)NC(C)=O. The molecule has 0 rings (SSSR count). The second-order valence-corrected chi connectivity index (χ2v) is 4.50. The molecular weight excluding hydrogens is 292 g/mol. The molecule has 0 aromatic rings. The molecule has 2 N–H and O–H groups in total. The Morgan fingerprint density at radius 2 is 1.14 bits per heavy atom. The minimum Gasteiger partial charge on any atom is -0.467 e. The lowest BCUT2D eigenvalue weighted by Gasteiger charge is -2.14. The van der Waals surface area contributed by atoms with Crippen molar-refractivity contribution in [2.75, 3.05) is 14.2 Å². The van der Waals surface area contributed by atoms with E-state index in [-0.39, 0.29) is 24.7 Å². The molecule has 0 aliphatic carbocycles. The lowest BCUT2D eigenvalue weighted by Crippen LogP contribution is -2.40. The average molecular weight is 314 g/mol. The van der Waals surface area contributed by atoms with Crippen molar-refractivity contribution in [1.82, 2.24) is 10.6 Å². The number of esters is 2. The molecule has 0 saturated carbocycles. The summed E-state index contributed by atoms with van der Waals surface area (Å²) in [6, 6.07) is -1.59. The first kappa shape index (κ1) is 19.6. The van der Waals surface area contributed by atoms with Crippen LogP contribution in [-0.2, 0) is 28.7 Å². The largest absolute Gasteiger partial charge is 0.467 e. The van der Waals surface area contributed by atoms with E-state index < -0.39 is 24.0 Å². The van der Waals surface area contributed by atoms with Gasteiger partial charge >= 0.3 is 11.9 Å². The Morgan fingerprint density at radius 3 is 1.36 bits per heavy atom. The molecule has 0 aromatic heterocycles. The molecule has 0 aliphatic heterocycles. The van der Waals surface area contributed by atoms with Gasteiger partial charge in [-0.15, -0.1) is 0 Å². The molecule has 2 amide bonds. The van der Waals surface area contributed by atoms with Crippen LogP contribution in [0.1, 0.15) is 26.7 Å². The van der Waals surface area contributed by atoms with Crippen molar-refractivity contribution in [2.24, 2.45) is 0 Å². The van der Waals surface area contributed by atoms with Gasteiger partial charge in [-0.25, -0.2) is 9.59 Å². The van der Waals surface area contributed by atoms with Crippen molar-refractivity contribution in [3.8, 4) is 0 Å². The zero-order valence-corrected chi connectivity index (χ0v) is 13.2. The van der Waals surface area contributed by atoms with E-state index in [1.54, 1.807) is 12.2 Å². The minimum absolute atomic E-state index is 0.209. The number of methoxy groups -OCH3 is 2. The van der Waals surface area contributed by atoms with Crippen molar-refractivity contribution in [3.63, 3.8) is 0 Å². The van der Waals surface area contributed by atoms with E-state index in [1.807, 2.05) is 0 Å². The van der Waals surface area contributed by atoms with Gasteiger partial charge < -0.3 is 20.1 Å². The van der Waals surface area contributed by atoms with Crippen LogP contribution in [0.3, 0.4) is 0 Å². The average Bonchev–Trinajstić information content (AvgIpc) is 2.46. The summed E-state index contributed by atoms with van der Waals surface area (Å²) in [7, 11) is 2.45. The van der Waals surface area contributed by atoms with Gasteiger partial charge in [-0.05, 0) is 12.8 Å². The van der Waals surface area contributed by atoms with Crippen LogP contribution in [0.2, 0.25) is 0 Å². The maximum atomic E-state index is 11.5. The highest BCUT2D eigenvalue weighted by Gasteiger charge is 2.20. The molecule has 22 heavy (non-hydrogen) atoms. The number of hydrogen-bond donors (Lipinski definition) is 2. The van der Waals surface area contributed by atoms with Crippen LogP contribution in [0, 0.1) is 0 Å². The van der Waals surface area contributed by atoms with Crippen LogP contribution in [0.4, 0.5) is 0 Å². The van der Waals surface area contributed by atoms with Crippen molar-refractivity contribution in [3.05, 3.63) is 12.2 Å². The molecule has 0 fully saturated rings. The first-order valence-corrected chi connectivity index (χ1v) is 6.66. The fourth-order valence-corrected chi connectivity index (χ4v) is 1.67. The summed E-state index contributed by atoms with van der Waals surface area (Å²) < 4.78 is 9.16. The molecule has 0 bridgehead atoms. The molecule has 0 aromatic carbocycles. The first-order valence-electron chi connectivity index (χ1n) is 6.66. The number of nitrogens with one attached hydrogen (secondary N) is 2. The Labute approximate surface area is 129 Å². The van der Waals surface area contributed by atoms with Gasteiger partial charge in [-0.2, -0.15) is 0 Å². The predicted molar refractivity (Wildman–Crippen MR) is 77.6 cm³/mol. The van der Waals surface area contributed by atoms with Gasteiger partial charge in [0.25, 0.3) is 0 Å². The van der Waals surface area contributed by atoms with E-state index in [4.69, 9.17) is 0 Å². The van der Waals surface area contributed by atoms with Crippen LogP contribution in [0.5, 0.6) is 0 Å². The lowest BCUT2D eigenvalue weighted by atomic mass is 10.1. The third kappa shape index (κ3) is 8.03. The van der Waals surface area contributed by atoms with Gasteiger partial charge in [0.15, 0.2) is 0 Å². The van der Waals surface area contributed by atoms with Crippen LogP contribution < -0.4 is 10.6 Å². The van der Waals surface area contributed by atoms with E-state index in [0.29, 0.717) is 0 Å². The summed E-state index contributed by atoms with van der Waals surface area (Å²) in [4.78, 5) is 45.0. The second-order valence-electron chi connectivity index (χ2n) is 4.50. The number of carbonyl (C=O) groups is 4. The summed E-state index contributed by atoms with van der Waals surface area (Å²) in [5.74, 6) is -1.83. The Hall–Kier alpha value is -2.38. The van der Waals surface area contributed by atoms with Gasteiger partial charge in [0, 0.05) is 13.8 Å². The highest BCUT2D eigenvalue weighted by molar-refractivity contribution is 5.84. The van der Waals surface area contributed by atoms with Gasteiger partial charge in [0.2, 0.25) is 11.8 Å². The summed E-state index contributed by atoms with van der Waals surface area (Å²) >= 11 is 0. The molecule has 2 unspecified atom stereocenters. The Morgan fingerprint density at radius 1 is 0.818 bits per heavy atom. The molecule has 0 heterocycles. The monoisotopic (exact) mass is 314 g/mol. The van der Waals surface area contributed by atoms with Crippen molar-refractivity contribution < 1.29 is 28.7 Å². The van der Waals surface area contributed by atoms with Gasteiger partial charge in [-0.1, -0.05) is 12.2 Å². The van der Waals surface area contributed by atoms with Crippen molar-refractivity contribution in [2.45, 2.75) is 38.8 Å². The number of amides is 2. The van der Waals surface area contributed by atoms with E-state index in [2.05, 4.69) is 20.1 Å². The predicted octanol–water partition coefficient (Wildman–Crippen LogP) is -0.322. The standard InChI is InChI=1S/C14H22N2O6/c1-9(17)15-11(13(19)21-3)7-5-6-8-12(14(20)22-4)16-10(2)18/h5-6,11-12H,7-8H2,1-4H3,(H,15,17)(H,16,18)/b6-5-. The number of carbonyl (C=O) groups excluding carboxylic acids is 4. The maximum Gasteiger partial charge on any atom is 0.328 e. The summed E-state index contributed by atoms with van der Waals surface area (Å²) in [6.07, 6.45) is 3.66. The molecule has 0 aliphatic rings. The van der Waals surface area contributed by atoms with Crippen LogP contribution in [-0.4, -0.2) is 50.1 Å². The highest BCUT2D eigenvalue weighted by atomic mass is 16.5. The molecule has 2 atom stereocenters. The summed E-state index contributed by atoms with van der Waals surface area (Å²) in [6.45, 7) is 2.59. The Kier molecular flexibility index (Phi) is 9.24. The quantitative estimate of drug-likeness (QED) is 0.469. The number of hydrogen-bond acceptors (Lipinski definition) is 6. The van der Waals surface area contributed by atoms with Crippen molar-refractivity contribution >= 4 is 23.8 Å². The topological polar surface area (TPSA) is 111 Å². The van der Waals surface area contributed by atoms with Gasteiger partial charge in [0.05, 0.1) is 14.2 Å². The second kappa shape index (κ2) is 10.4. The van der Waals surface area contributed by atoms with Gasteiger partial charge in [-0.3, -0.25) is 9.59 Å². The first-order chi connectivity index (χ1) is 10.3. The summed E-state index contributed by atoms with van der Waals surface area (Å²) in [5, 5.41) is 4.92. The van der Waals surface area contributed by atoms with Crippen LogP contribution in [0.15, 0.2) is 12.2 Å². The van der Waals surface area contributed by atoms with E-state index >= 15 is 0 Å². The molecular formula is C14H22N2O6. The fraction of sp³-hybridized carbons (Fsp3) is 0.571. The Bertz CT molecular complexity index is 407. The summed E-state index contributed by atoms with van der Waals surface area (Å²) in [5.41, 5.74) is 0. The third-order valence-electron chi connectivity index (χ3n) is 2.64. The third-order valence-corrected chi connectivity index (χ3v) is 2.64. The smallest absolute Gasteiger partial charge is 0.328 e. The fourth-order valence-electron chi connectivity index (χ4n) is 1.67. The molecule has 0 spiro atoms. The van der Waals surface area contributed by atoms with E-state index in [1.165, 1.54) is 28.1 Å². The zero-order chi connectivity index (χ0) is 17.1. The lowest BCUT2D eigenvalue weighted by molar-refractivity contribution is -0.145. The van der Waals surface area contributed by atoms with Crippen LogP contribution in [0.25, 0.3) is 0 Å². The molecule has 124 valence electrons. The molecule has 0 saturated heterocycles. The zero-order valence-electron chi connectivity index (χ0n) is 13.2. The van der Waals surface area contributed by atoms with Crippen molar-refractivity contribution in [1.29, 1.82) is 0 Å². The maximum absolute atomic E-state index is 11.5. The molecule has 0 radical (unpaired) electrons. The van der Waals surface area contributed by atoms with E-state index in [0.717, 1.165) is 0 Å². The molecule has 8 heteroatoms.